The van der Waals surface area contributed by atoms with Crippen LogP contribution in [0.4, 0.5) is 5.69 Å². The number of carbonyl (C=O) groups excluding carboxylic acids is 3. The van der Waals surface area contributed by atoms with Crippen molar-refractivity contribution in [1.82, 2.24) is 15.1 Å². The van der Waals surface area contributed by atoms with Gasteiger partial charge in [0.05, 0.1) is 6.54 Å². The van der Waals surface area contributed by atoms with Crippen LogP contribution in [-0.2, 0) is 4.79 Å². The van der Waals surface area contributed by atoms with Crippen molar-refractivity contribution >= 4 is 36.7 Å². The number of amides is 3. The lowest BCUT2D eigenvalue weighted by molar-refractivity contribution is -0.131. The van der Waals surface area contributed by atoms with Gasteiger partial charge >= 0.3 is 0 Å². The molecular formula is C26H25BN4O3. The molecule has 0 aliphatic carbocycles. The highest BCUT2D eigenvalue weighted by atomic mass is 16.2. The summed E-state index contributed by atoms with van der Waals surface area (Å²) in [5, 5.41) is 2.69. The van der Waals surface area contributed by atoms with Gasteiger partial charge in [0.15, 0.2) is 0 Å². The fourth-order valence-corrected chi connectivity index (χ4v) is 3.90. The molecule has 0 atom stereocenters. The summed E-state index contributed by atoms with van der Waals surface area (Å²) in [7, 11) is 5.92. The number of nitrogen functional groups attached to an aromatic ring is 1. The fourth-order valence-electron chi connectivity index (χ4n) is 3.90. The third kappa shape index (κ3) is 5.28. The normalized spacial score (nSPS) is 13.4. The van der Waals surface area contributed by atoms with Gasteiger partial charge in [0.25, 0.3) is 11.8 Å². The van der Waals surface area contributed by atoms with Crippen molar-refractivity contribution in [2.45, 2.75) is 0 Å². The molecule has 0 aromatic heterocycles. The van der Waals surface area contributed by atoms with Crippen LogP contribution in [0.3, 0.4) is 0 Å². The van der Waals surface area contributed by atoms with Crippen LogP contribution in [0.15, 0.2) is 72.8 Å². The Bertz CT molecular complexity index is 1190. The van der Waals surface area contributed by atoms with Crippen molar-refractivity contribution in [2.75, 3.05) is 38.5 Å². The second-order valence-corrected chi connectivity index (χ2v) is 8.15. The first-order chi connectivity index (χ1) is 16.4. The molecule has 3 aromatic carbocycles. The van der Waals surface area contributed by atoms with Gasteiger partial charge in [0, 0.05) is 43.0 Å². The van der Waals surface area contributed by atoms with E-state index in [9.17, 15) is 14.4 Å². The maximum atomic E-state index is 12.8. The molecule has 1 saturated heterocycles. The van der Waals surface area contributed by atoms with Crippen LogP contribution in [0, 0.1) is 0 Å². The molecule has 3 aromatic rings. The largest absolute Gasteiger partial charge is 0.399 e. The third-order valence-electron chi connectivity index (χ3n) is 5.88. The molecule has 4 rings (SSSR count). The van der Waals surface area contributed by atoms with Gasteiger partial charge in [-0.25, -0.2) is 0 Å². The van der Waals surface area contributed by atoms with E-state index in [0.29, 0.717) is 48.5 Å². The van der Waals surface area contributed by atoms with Crippen molar-refractivity contribution in [3.05, 3.63) is 83.9 Å². The van der Waals surface area contributed by atoms with Gasteiger partial charge < -0.3 is 20.9 Å². The maximum absolute atomic E-state index is 12.8. The Kier molecular flexibility index (Phi) is 6.97. The van der Waals surface area contributed by atoms with E-state index in [1.54, 1.807) is 40.1 Å². The first-order valence-corrected chi connectivity index (χ1v) is 11.1. The summed E-state index contributed by atoms with van der Waals surface area (Å²) in [4.78, 5) is 41.1. The maximum Gasteiger partial charge on any atom is 0.253 e. The van der Waals surface area contributed by atoms with Crippen molar-refractivity contribution < 1.29 is 14.4 Å². The molecule has 1 fully saturated rings. The van der Waals surface area contributed by atoms with E-state index in [4.69, 9.17) is 13.6 Å². The van der Waals surface area contributed by atoms with E-state index in [1.165, 1.54) is 0 Å². The molecule has 1 heterocycles. The topological polar surface area (TPSA) is 95.7 Å². The lowest BCUT2D eigenvalue weighted by Gasteiger charge is -2.35. The highest BCUT2D eigenvalue weighted by Crippen LogP contribution is 2.19. The summed E-state index contributed by atoms with van der Waals surface area (Å²) in [6.07, 6.45) is 0. The highest BCUT2D eigenvalue weighted by molar-refractivity contribution is 6.36. The molecule has 1 aliphatic rings. The molecule has 7 nitrogen and oxygen atoms in total. The number of piperazine rings is 1. The summed E-state index contributed by atoms with van der Waals surface area (Å²) in [6.45, 7) is 1.43. The minimum Gasteiger partial charge on any atom is -0.399 e. The number of carbonyl (C=O) groups is 3. The van der Waals surface area contributed by atoms with Gasteiger partial charge in [0.2, 0.25) is 5.91 Å². The number of hydrogen-bond donors (Lipinski definition) is 2. The second kappa shape index (κ2) is 10.3. The van der Waals surface area contributed by atoms with Gasteiger partial charge in [-0.2, -0.15) is 0 Å². The molecule has 0 unspecified atom stereocenters. The van der Waals surface area contributed by atoms with E-state index in [1.807, 2.05) is 42.5 Å². The molecule has 3 amide bonds. The molecule has 0 bridgehead atoms. The summed E-state index contributed by atoms with van der Waals surface area (Å²) in [6, 6.07) is 22.0. The predicted molar refractivity (Wildman–Crippen MR) is 133 cm³/mol. The first-order valence-electron chi connectivity index (χ1n) is 11.1. The van der Waals surface area contributed by atoms with Crippen LogP contribution in [0.5, 0.6) is 0 Å². The van der Waals surface area contributed by atoms with E-state index >= 15 is 0 Å². The Morgan fingerprint density at radius 1 is 0.824 bits per heavy atom. The zero-order valence-corrected chi connectivity index (χ0v) is 18.7. The van der Waals surface area contributed by atoms with Crippen LogP contribution in [0.2, 0.25) is 0 Å². The quantitative estimate of drug-likeness (QED) is 0.453. The zero-order valence-electron chi connectivity index (χ0n) is 18.7. The average molecular weight is 452 g/mol. The van der Waals surface area contributed by atoms with Gasteiger partial charge in [0.1, 0.15) is 7.85 Å². The fraction of sp³-hybridized carbons (Fsp3) is 0.192. The Morgan fingerprint density at radius 2 is 1.44 bits per heavy atom. The van der Waals surface area contributed by atoms with Crippen LogP contribution >= 0.6 is 0 Å². The van der Waals surface area contributed by atoms with E-state index < -0.39 is 0 Å². The van der Waals surface area contributed by atoms with E-state index in [0.717, 1.165) is 11.1 Å². The number of hydrogen-bond acceptors (Lipinski definition) is 4. The van der Waals surface area contributed by atoms with Gasteiger partial charge in [-0.1, -0.05) is 54.0 Å². The summed E-state index contributed by atoms with van der Waals surface area (Å²) in [5.74, 6) is -0.701. The Morgan fingerprint density at radius 3 is 2.12 bits per heavy atom. The molecule has 3 N–H and O–H groups in total. The van der Waals surface area contributed by atoms with Crippen LogP contribution in [0.1, 0.15) is 20.7 Å². The molecule has 8 heteroatoms. The first kappa shape index (κ1) is 23.1. The molecular weight excluding hydrogens is 427 g/mol. The van der Waals surface area contributed by atoms with Crippen molar-refractivity contribution in [3.8, 4) is 11.1 Å². The molecule has 170 valence electrons. The number of benzene rings is 3. The highest BCUT2D eigenvalue weighted by Gasteiger charge is 2.25. The zero-order chi connectivity index (χ0) is 24.1. The second-order valence-electron chi connectivity index (χ2n) is 8.15. The number of nitrogens with one attached hydrogen (secondary N) is 1. The number of nitrogens with zero attached hydrogens (tertiary/aromatic N) is 2. The van der Waals surface area contributed by atoms with Crippen molar-refractivity contribution in [2.24, 2.45) is 0 Å². The van der Waals surface area contributed by atoms with E-state index in [-0.39, 0.29) is 24.3 Å². The van der Waals surface area contributed by atoms with Crippen LogP contribution in [0.25, 0.3) is 11.1 Å². The molecule has 2 radical (unpaired) electrons. The molecule has 34 heavy (non-hydrogen) atoms. The van der Waals surface area contributed by atoms with Gasteiger partial charge in [-0.3, -0.25) is 14.4 Å². The number of rotatable bonds is 5. The van der Waals surface area contributed by atoms with E-state index in [2.05, 4.69) is 5.32 Å². The van der Waals surface area contributed by atoms with Crippen molar-refractivity contribution in [1.29, 1.82) is 0 Å². The minimum absolute atomic E-state index is 0.102. The smallest absolute Gasteiger partial charge is 0.253 e. The van der Waals surface area contributed by atoms with Crippen LogP contribution < -0.4 is 16.5 Å². The summed E-state index contributed by atoms with van der Waals surface area (Å²) < 4.78 is 0. The lowest BCUT2D eigenvalue weighted by atomic mass is 9.89. The third-order valence-corrected chi connectivity index (χ3v) is 5.88. The molecule has 0 spiro atoms. The minimum atomic E-state index is -0.307. The standard InChI is InChI=1S/C26H25BN4O3/c27-23-11-10-21(28)16-22(23)26(34)31-14-12-30(13-15-31)24(32)17-29-25(33)20-8-6-19(7-9-20)18-4-2-1-3-5-18/h1-11,16H,12-15,17,28H2,(H,29,33). The number of anilines is 1. The Hall–Kier alpha value is -4.07. The van der Waals surface area contributed by atoms with Gasteiger partial charge in [-0.05, 0) is 35.4 Å². The van der Waals surface area contributed by atoms with Crippen LogP contribution in [-0.4, -0.2) is 68.1 Å². The SMILES string of the molecule is [B]c1ccc(N)cc1C(=O)N1CCN(C(=O)CNC(=O)c2ccc(-c3ccccc3)cc2)CC1. The van der Waals surface area contributed by atoms with Crippen molar-refractivity contribution in [3.63, 3.8) is 0 Å². The lowest BCUT2D eigenvalue weighted by Crippen LogP contribution is -2.53. The Labute approximate surface area is 200 Å². The van der Waals surface area contributed by atoms with Gasteiger partial charge in [-0.15, -0.1) is 0 Å². The predicted octanol–water partition coefficient (Wildman–Crippen LogP) is 1.44. The Balaban J connectivity index is 1.27. The number of nitrogens with two attached hydrogens (primary N) is 1. The summed E-state index contributed by atoms with van der Waals surface area (Å²) in [5.41, 5.74) is 9.56. The molecule has 1 aliphatic heterocycles. The summed E-state index contributed by atoms with van der Waals surface area (Å²) >= 11 is 0. The molecule has 0 saturated carbocycles. The average Bonchev–Trinajstić information content (AvgIpc) is 2.88. The monoisotopic (exact) mass is 452 g/mol.